The van der Waals surface area contributed by atoms with Crippen LogP contribution in [0.15, 0.2) is 72.8 Å². The highest BCUT2D eigenvalue weighted by molar-refractivity contribution is 14.1. The summed E-state index contributed by atoms with van der Waals surface area (Å²) in [7, 11) is 0. The van der Waals surface area contributed by atoms with E-state index in [4.69, 9.17) is 9.47 Å². The normalized spacial score (nSPS) is 12.2. The van der Waals surface area contributed by atoms with Crippen LogP contribution in [0.25, 0.3) is 0 Å². The summed E-state index contributed by atoms with van der Waals surface area (Å²) in [6.45, 7) is 3.65. The Bertz CT molecular complexity index is 1220. The van der Waals surface area contributed by atoms with Crippen LogP contribution < -0.4 is 5.32 Å². The molecule has 3 rings (SSSR count). The molecule has 0 unspecified atom stereocenters. The van der Waals surface area contributed by atoms with Gasteiger partial charge in [-0.25, -0.2) is 14.4 Å². The Morgan fingerprint density at radius 1 is 0.714 bits per heavy atom. The molecule has 0 saturated heterocycles. The first-order chi connectivity index (χ1) is 16.6. The molecule has 9 heteroatoms. The zero-order chi connectivity index (χ0) is 25.5. The van der Waals surface area contributed by atoms with Crippen molar-refractivity contribution >= 4 is 52.1 Å². The average molecular weight is 587 g/mol. The van der Waals surface area contributed by atoms with E-state index in [2.05, 4.69) is 27.9 Å². The molecule has 0 fully saturated rings. The summed E-state index contributed by atoms with van der Waals surface area (Å²) in [6, 6.07) is 19.2. The number of carboxylic acids is 1. The number of nitrogens with one attached hydrogen (secondary N) is 1. The van der Waals surface area contributed by atoms with Gasteiger partial charge in [-0.3, -0.25) is 4.79 Å². The number of rotatable bonds is 8. The maximum absolute atomic E-state index is 13.1. The molecule has 0 aliphatic carbocycles. The summed E-state index contributed by atoms with van der Waals surface area (Å²) in [5.41, 5.74) is 2.32. The number of ether oxygens (including phenoxy) is 2. The smallest absolute Gasteiger partial charge is 0.349 e. The van der Waals surface area contributed by atoms with Gasteiger partial charge in [0.05, 0.1) is 11.1 Å². The fourth-order valence-corrected chi connectivity index (χ4v) is 3.35. The van der Waals surface area contributed by atoms with Gasteiger partial charge in [0.15, 0.2) is 0 Å². The number of hydrogen-bond acceptors (Lipinski definition) is 6. The van der Waals surface area contributed by atoms with Crippen molar-refractivity contribution in [2.24, 2.45) is 0 Å². The van der Waals surface area contributed by atoms with Gasteiger partial charge >= 0.3 is 17.9 Å². The Morgan fingerprint density at radius 2 is 1.14 bits per heavy atom. The summed E-state index contributed by atoms with van der Waals surface area (Å²) in [4.78, 5) is 50.5. The van der Waals surface area contributed by atoms with Crippen molar-refractivity contribution in [1.82, 2.24) is 0 Å². The summed E-state index contributed by atoms with van der Waals surface area (Å²) >= 11 is 2.09. The molecule has 2 N–H and O–H groups in total. The highest BCUT2D eigenvalue weighted by Gasteiger charge is 2.41. The molecule has 0 saturated carbocycles. The Balaban J connectivity index is 1.90. The molecular weight excluding hydrogens is 565 g/mol. The quantitative estimate of drug-likeness (QED) is 0.297. The zero-order valence-electron chi connectivity index (χ0n) is 18.9. The number of carbonyl (C=O) groups excluding carboxylic acids is 3. The minimum Gasteiger partial charge on any atom is -0.478 e. The number of aliphatic carboxylic acids is 1. The van der Waals surface area contributed by atoms with Crippen LogP contribution in [0.2, 0.25) is 0 Å². The Hall–Kier alpha value is -3.73. The Kier molecular flexibility index (Phi) is 8.58. The molecular formula is C26H22INO7. The van der Waals surface area contributed by atoms with Crippen LogP contribution in [0.5, 0.6) is 0 Å². The van der Waals surface area contributed by atoms with Crippen molar-refractivity contribution in [2.75, 3.05) is 5.32 Å². The summed E-state index contributed by atoms with van der Waals surface area (Å²) in [5, 5.41) is 12.3. The van der Waals surface area contributed by atoms with Crippen LogP contribution in [0.4, 0.5) is 5.69 Å². The first-order valence-electron chi connectivity index (χ1n) is 10.5. The van der Waals surface area contributed by atoms with Gasteiger partial charge in [0.1, 0.15) is 0 Å². The number of carboxylic acid groups (broad SMARTS) is 1. The molecule has 0 radical (unpaired) electrons. The molecule has 0 bridgehead atoms. The lowest BCUT2D eigenvalue weighted by atomic mass is 10.1. The predicted molar refractivity (Wildman–Crippen MR) is 136 cm³/mol. The highest BCUT2D eigenvalue weighted by atomic mass is 127. The van der Waals surface area contributed by atoms with E-state index in [1.165, 1.54) is 24.3 Å². The van der Waals surface area contributed by atoms with Gasteiger partial charge in [-0.2, -0.15) is 0 Å². The third-order valence-corrected chi connectivity index (χ3v) is 5.65. The first kappa shape index (κ1) is 25.9. The fourth-order valence-electron chi connectivity index (χ4n) is 2.99. The molecule has 0 spiro atoms. The third-order valence-electron chi connectivity index (χ3n) is 4.93. The van der Waals surface area contributed by atoms with E-state index in [1.807, 2.05) is 13.8 Å². The van der Waals surface area contributed by atoms with Gasteiger partial charge in [0, 0.05) is 9.26 Å². The number of aryl methyl sites for hydroxylation is 2. The van der Waals surface area contributed by atoms with Crippen LogP contribution in [0.1, 0.15) is 31.8 Å². The summed E-state index contributed by atoms with van der Waals surface area (Å²) in [6.07, 6.45) is -4.06. The third kappa shape index (κ3) is 7.12. The Morgan fingerprint density at radius 3 is 1.57 bits per heavy atom. The maximum Gasteiger partial charge on any atom is 0.349 e. The van der Waals surface area contributed by atoms with Crippen LogP contribution in [-0.4, -0.2) is 41.1 Å². The number of hydrogen-bond donors (Lipinski definition) is 2. The van der Waals surface area contributed by atoms with E-state index >= 15 is 0 Å². The van der Waals surface area contributed by atoms with Gasteiger partial charge < -0.3 is 19.9 Å². The van der Waals surface area contributed by atoms with Gasteiger partial charge in [0.2, 0.25) is 12.2 Å². The number of benzene rings is 3. The average Bonchev–Trinajstić information content (AvgIpc) is 2.83. The minimum atomic E-state index is -2.10. The van der Waals surface area contributed by atoms with E-state index < -0.39 is 36.0 Å². The number of amides is 1. The lowest BCUT2D eigenvalue weighted by molar-refractivity contribution is -0.157. The predicted octanol–water partition coefficient (Wildman–Crippen LogP) is 4.38. The van der Waals surface area contributed by atoms with Crippen molar-refractivity contribution in [3.8, 4) is 0 Å². The molecule has 1 amide bonds. The number of anilines is 1. The van der Waals surface area contributed by atoms with Crippen molar-refractivity contribution in [2.45, 2.75) is 26.1 Å². The second-order valence-corrected chi connectivity index (χ2v) is 8.96. The fraction of sp³-hybridized carbons (Fsp3) is 0.154. The molecule has 3 aromatic rings. The molecule has 3 aromatic carbocycles. The lowest BCUT2D eigenvalue weighted by Crippen LogP contribution is -2.48. The molecule has 0 aliphatic heterocycles. The molecule has 180 valence electrons. The van der Waals surface area contributed by atoms with E-state index in [1.54, 1.807) is 48.5 Å². The van der Waals surface area contributed by atoms with E-state index in [9.17, 15) is 24.3 Å². The standard InChI is InChI=1S/C26H22INO7/c1-15-3-7-17(8-4-15)25(32)34-21(23(29)28-20-13-11-19(27)12-14-20)22(24(30)31)35-26(33)18-9-5-16(2)6-10-18/h3-14,21-22H,1-2H3,(H,28,29)(H,30,31)/t21-,22+/m0/s1. The van der Waals surface area contributed by atoms with Crippen LogP contribution in [-0.2, 0) is 19.1 Å². The number of esters is 2. The molecule has 35 heavy (non-hydrogen) atoms. The molecule has 8 nitrogen and oxygen atoms in total. The van der Waals surface area contributed by atoms with E-state index in [0.29, 0.717) is 5.69 Å². The van der Waals surface area contributed by atoms with Gasteiger partial charge in [-0.05, 0) is 85.0 Å². The van der Waals surface area contributed by atoms with E-state index in [0.717, 1.165) is 14.7 Å². The largest absolute Gasteiger partial charge is 0.478 e. The second-order valence-electron chi connectivity index (χ2n) is 7.72. The summed E-state index contributed by atoms with van der Waals surface area (Å²) in [5.74, 6) is -4.53. The van der Waals surface area contributed by atoms with Crippen molar-refractivity contribution < 1.29 is 33.8 Å². The van der Waals surface area contributed by atoms with Crippen molar-refractivity contribution in [1.29, 1.82) is 0 Å². The monoisotopic (exact) mass is 587 g/mol. The van der Waals surface area contributed by atoms with Crippen LogP contribution >= 0.6 is 22.6 Å². The lowest BCUT2D eigenvalue weighted by Gasteiger charge is -2.23. The van der Waals surface area contributed by atoms with Gasteiger partial charge in [0.25, 0.3) is 5.91 Å². The maximum atomic E-state index is 13.1. The van der Waals surface area contributed by atoms with Gasteiger partial charge in [-0.1, -0.05) is 35.4 Å². The zero-order valence-corrected chi connectivity index (χ0v) is 21.0. The first-order valence-corrected chi connectivity index (χ1v) is 11.6. The molecule has 2 atom stereocenters. The number of halogens is 1. The van der Waals surface area contributed by atoms with Crippen LogP contribution in [0, 0.1) is 17.4 Å². The molecule has 0 heterocycles. The van der Waals surface area contributed by atoms with Crippen molar-refractivity contribution in [3.63, 3.8) is 0 Å². The topological polar surface area (TPSA) is 119 Å². The van der Waals surface area contributed by atoms with Crippen LogP contribution in [0.3, 0.4) is 0 Å². The highest BCUT2D eigenvalue weighted by Crippen LogP contribution is 2.17. The molecule has 0 aliphatic rings. The molecule has 0 aromatic heterocycles. The van der Waals surface area contributed by atoms with E-state index in [-0.39, 0.29) is 11.1 Å². The SMILES string of the molecule is Cc1ccc(C(=O)O[C@H](C(=O)Nc2ccc(I)cc2)[C@@H](OC(=O)c2ccc(C)cc2)C(=O)O)cc1. The number of carbonyl (C=O) groups is 4. The van der Waals surface area contributed by atoms with Gasteiger partial charge in [-0.15, -0.1) is 0 Å². The van der Waals surface area contributed by atoms with Crippen molar-refractivity contribution in [3.05, 3.63) is 98.6 Å². The second kappa shape index (κ2) is 11.6. The summed E-state index contributed by atoms with van der Waals surface area (Å²) < 4.78 is 11.4. The Labute approximate surface area is 215 Å². The minimum absolute atomic E-state index is 0.0866.